The lowest BCUT2D eigenvalue weighted by atomic mass is 10.0. The van der Waals surface area contributed by atoms with Gasteiger partial charge in [-0.1, -0.05) is 12.1 Å². The van der Waals surface area contributed by atoms with Crippen molar-refractivity contribution >= 4 is 22.0 Å². The number of nitrogens with zero attached hydrogens (tertiary/aromatic N) is 1. The lowest BCUT2D eigenvalue weighted by Gasteiger charge is -2.26. The molecule has 1 amide bonds. The van der Waals surface area contributed by atoms with Gasteiger partial charge in [-0.05, 0) is 24.6 Å². The second-order valence-corrected chi connectivity index (χ2v) is 5.96. The van der Waals surface area contributed by atoms with E-state index in [1.165, 1.54) is 14.0 Å². The lowest BCUT2D eigenvalue weighted by Crippen LogP contribution is -2.45. The molecule has 2 atom stereocenters. The van der Waals surface area contributed by atoms with Crippen LogP contribution in [0.5, 0.6) is 5.75 Å². The largest absolute Gasteiger partial charge is 0.497 e. The van der Waals surface area contributed by atoms with Crippen molar-refractivity contribution < 1.29 is 19.2 Å². The molecule has 0 aromatic heterocycles. The SMILES string of the molecule is CCOC(=O)N[C@H](c1cccc(OC)c1)[C@@](C)(Br)[N+](=O)[O-]. The summed E-state index contributed by atoms with van der Waals surface area (Å²) in [6.07, 6.45) is -0.724. The van der Waals surface area contributed by atoms with Crippen LogP contribution in [0.3, 0.4) is 0 Å². The number of alkyl halides is 1. The van der Waals surface area contributed by atoms with Gasteiger partial charge in [-0.3, -0.25) is 10.1 Å². The van der Waals surface area contributed by atoms with Gasteiger partial charge in [0, 0.05) is 27.8 Å². The average Bonchev–Trinajstić information content (AvgIpc) is 2.44. The molecule has 0 spiro atoms. The Labute approximate surface area is 130 Å². The fraction of sp³-hybridized carbons (Fsp3) is 0.462. The zero-order chi connectivity index (χ0) is 16.0. The number of methoxy groups -OCH3 is 1. The Morgan fingerprint density at radius 2 is 2.24 bits per heavy atom. The van der Waals surface area contributed by atoms with Crippen LogP contribution in [0.1, 0.15) is 25.5 Å². The highest BCUT2D eigenvalue weighted by Gasteiger charge is 2.45. The molecule has 116 valence electrons. The third kappa shape index (κ3) is 4.32. The molecule has 0 aliphatic carbocycles. The molecule has 1 N–H and O–H groups in total. The molecule has 0 saturated carbocycles. The third-order valence-electron chi connectivity index (χ3n) is 2.85. The van der Waals surface area contributed by atoms with Crippen molar-refractivity contribution in [3.8, 4) is 5.75 Å². The normalized spacial score (nSPS) is 14.7. The number of hydrogen-bond donors (Lipinski definition) is 1. The minimum atomic E-state index is -1.59. The minimum Gasteiger partial charge on any atom is -0.497 e. The Morgan fingerprint density at radius 1 is 1.57 bits per heavy atom. The number of amides is 1. The fourth-order valence-corrected chi connectivity index (χ4v) is 2.12. The van der Waals surface area contributed by atoms with Gasteiger partial charge in [0.25, 0.3) is 4.45 Å². The lowest BCUT2D eigenvalue weighted by molar-refractivity contribution is -0.536. The first-order valence-corrected chi connectivity index (χ1v) is 7.02. The second-order valence-electron chi connectivity index (χ2n) is 4.36. The maximum atomic E-state index is 11.6. The topological polar surface area (TPSA) is 90.7 Å². The second kappa shape index (κ2) is 7.26. The van der Waals surface area contributed by atoms with Gasteiger partial charge in [0.15, 0.2) is 0 Å². The highest BCUT2D eigenvalue weighted by Crippen LogP contribution is 2.35. The van der Waals surface area contributed by atoms with E-state index in [1.54, 1.807) is 31.2 Å². The third-order valence-corrected chi connectivity index (χ3v) is 3.60. The zero-order valence-electron chi connectivity index (χ0n) is 12.0. The number of halogens is 1. The highest BCUT2D eigenvalue weighted by atomic mass is 79.9. The van der Waals surface area contributed by atoms with E-state index in [0.717, 1.165) is 0 Å². The van der Waals surface area contributed by atoms with Crippen molar-refractivity contribution in [2.24, 2.45) is 0 Å². The van der Waals surface area contributed by atoms with Crippen molar-refractivity contribution in [3.05, 3.63) is 39.9 Å². The molecule has 7 nitrogen and oxygen atoms in total. The summed E-state index contributed by atoms with van der Waals surface area (Å²) in [6, 6.07) is 5.77. The van der Waals surface area contributed by atoms with E-state index in [1.807, 2.05) is 0 Å². The number of ether oxygens (including phenoxy) is 2. The number of carbonyl (C=O) groups is 1. The Balaban J connectivity index is 3.17. The molecule has 1 aromatic carbocycles. The van der Waals surface area contributed by atoms with Gasteiger partial charge in [-0.2, -0.15) is 0 Å². The van der Waals surface area contributed by atoms with Gasteiger partial charge in [0.2, 0.25) is 0 Å². The van der Waals surface area contributed by atoms with Crippen LogP contribution >= 0.6 is 15.9 Å². The van der Waals surface area contributed by atoms with Crippen molar-refractivity contribution in [1.82, 2.24) is 5.32 Å². The predicted octanol–water partition coefficient (Wildman–Crippen LogP) is 2.87. The molecule has 1 rings (SSSR count). The molecule has 0 bridgehead atoms. The molecule has 0 radical (unpaired) electrons. The van der Waals surface area contributed by atoms with Crippen molar-refractivity contribution in [2.45, 2.75) is 24.3 Å². The molecule has 21 heavy (non-hydrogen) atoms. The van der Waals surface area contributed by atoms with Gasteiger partial charge in [0.05, 0.1) is 13.7 Å². The van der Waals surface area contributed by atoms with Crippen LogP contribution in [0.15, 0.2) is 24.3 Å². The van der Waals surface area contributed by atoms with Gasteiger partial charge in [-0.25, -0.2) is 4.79 Å². The van der Waals surface area contributed by atoms with E-state index in [2.05, 4.69) is 21.2 Å². The number of hydrogen-bond acceptors (Lipinski definition) is 5. The Hall–Kier alpha value is -1.83. The number of benzene rings is 1. The van der Waals surface area contributed by atoms with Crippen LogP contribution in [-0.4, -0.2) is 29.2 Å². The number of nitrogens with one attached hydrogen (secondary N) is 1. The maximum absolute atomic E-state index is 11.6. The van der Waals surface area contributed by atoms with E-state index in [9.17, 15) is 14.9 Å². The quantitative estimate of drug-likeness (QED) is 0.364. The van der Waals surface area contributed by atoms with Gasteiger partial charge in [0.1, 0.15) is 11.8 Å². The van der Waals surface area contributed by atoms with Crippen LogP contribution < -0.4 is 10.1 Å². The van der Waals surface area contributed by atoms with Crippen LogP contribution in [0, 0.1) is 10.1 Å². The summed E-state index contributed by atoms with van der Waals surface area (Å²) < 4.78 is 8.31. The molecule has 0 fully saturated rings. The number of nitro groups is 1. The number of carbonyl (C=O) groups excluding carboxylic acids is 1. The first-order valence-electron chi connectivity index (χ1n) is 6.23. The Kier molecular flexibility index (Phi) is 5.95. The molecular weight excluding hydrogens is 344 g/mol. The summed E-state index contributed by atoms with van der Waals surface area (Å²) in [5.74, 6) is 0.537. The summed E-state index contributed by atoms with van der Waals surface area (Å²) in [4.78, 5) is 22.4. The van der Waals surface area contributed by atoms with Crippen molar-refractivity contribution in [3.63, 3.8) is 0 Å². The Bertz CT molecular complexity index is 521. The van der Waals surface area contributed by atoms with Gasteiger partial charge in [-0.15, -0.1) is 0 Å². The average molecular weight is 361 g/mol. The molecule has 0 aliphatic rings. The van der Waals surface area contributed by atoms with Crippen molar-refractivity contribution in [2.75, 3.05) is 13.7 Å². The van der Waals surface area contributed by atoms with E-state index in [0.29, 0.717) is 11.3 Å². The van der Waals surface area contributed by atoms with E-state index in [-0.39, 0.29) is 6.61 Å². The van der Waals surface area contributed by atoms with E-state index in [4.69, 9.17) is 9.47 Å². The summed E-state index contributed by atoms with van der Waals surface area (Å²) in [5, 5.41) is 13.8. The van der Waals surface area contributed by atoms with Gasteiger partial charge < -0.3 is 14.8 Å². The summed E-state index contributed by atoms with van der Waals surface area (Å²) in [5.41, 5.74) is 0.526. The molecular formula is C13H17BrN2O5. The first kappa shape index (κ1) is 17.2. The molecule has 0 aliphatic heterocycles. The smallest absolute Gasteiger partial charge is 0.407 e. The highest BCUT2D eigenvalue weighted by molar-refractivity contribution is 9.10. The fourth-order valence-electron chi connectivity index (χ4n) is 1.74. The summed E-state index contributed by atoms with van der Waals surface area (Å²) in [7, 11) is 1.49. The van der Waals surface area contributed by atoms with Crippen LogP contribution in [0.25, 0.3) is 0 Å². The molecule has 0 unspecified atom stereocenters. The molecule has 8 heteroatoms. The van der Waals surface area contributed by atoms with Crippen molar-refractivity contribution in [1.29, 1.82) is 0 Å². The zero-order valence-corrected chi connectivity index (χ0v) is 13.5. The van der Waals surface area contributed by atoms with E-state index >= 15 is 0 Å². The Morgan fingerprint density at radius 3 is 2.76 bits per heavy atom. The number of alkyl carbamates (subject to hydrolysis) is 1. The monoisotopic (exact) mass is 360 g/mol. The molecule has 0 heterocycles. The molecule has 0 saturated heterocycles. The summed E-state index contributed by atoms with van der Waals surface area (Å²) >= 11 is 3.07. The first-order chi connectivity index (χ1) is 9.82. The van der Waals surface area contributed by atoms with Crippen LogP contribution in [-0.2, 0) is 4.74 Å². The van der Waals surface area contributed by atoms with Gasteiger partial charge >= 0.3 is 6.09 Å². The van der Waals surface area contributed by atoms with Crippen LogP contribution in [0.4, 0.5) is 4.79 Å². The minimum absolute atomic E-state index is 0.175. The van der Waals surface area contributed by atoms with Crippen LogP contribution in [0.2, 0.25) is 0 Å². The maximum Gasteiger partial charge on any atom is 0.407 e. The standard InChI is InChI=1S/C13H17BrN2O5/c1-4-21-12(17)15-11(13(2,14)16(18)19)9-6-5-7-10(8-9)20-3/h5-8,11H,4H2,1-3H3,(H,15,17)/t11-,13+/m1/s1. The predicted molar refractivity (Wildman–Crippen MR) is 80.2 cm³/mol. The summed E-state index contributed by atoms with van der Waals surface area (Å²) in [6.45, 7) is 3.19. The van der Waals surface area contributed by atoms with E-state index < -0.39 is 21.5 Å². The molecule has 1 aromatic rings. The number of rotatable bonds is 6.